The summed E-state index contributed by atoms with van der Waals surface area (Å²) in [5, 5.41) is 2.88. The van der Waals surface area contributed by atoms with Gasteiger partial charge in [0.25, 0.3) is 0 Å². The van der Waals surface area contributed by atoms with E-state index in [4.69, 9.17) is 5.73 Å². The van der Waals surface area contributed by atoms with E-state index in [9.17, 15) is 4.79 Å². The summed E-state index contributed by atoms with van der Waals surface area (Å²) in [5.74, 6) is 0.0246. The van der Waals surface area contributed by atoms with Gasteiger partial charge in [0.15, 0.2) is 0 Å². The molecular formula is C17H19N3O. The smallest absolute Gasteiger partial charge is 0.225 e. The quantitative estimate of drug-likeness (QED) is 0.847. The first-order valence-electron chi connectivity index (χ1n) is 7.15. The topological polar surface area (TPSA) is 58.4 Å². The van der Waals surface area contributed by atoms with Gasteiger partial charge in [0.05, 0.1) is 0 Å². The number of hydrogen-bond acceptors (Lipinski definition) is 3. The van der Waals surface area contributed by atoms with E-state index in [1.165, 1.54) is 11.1 Å². The average molecular weight is 281 g/mol. The Labute approximate surface area is 124 Å². The fraction of sp³-hybridized carbons (Fsp3) is 0.235. The minimum Gasteiger partial charge on any atom is -0.399 e. The van der Waals surface area contributed by atoms with E-state index in [1.54, 1.807) is 12.1 Å². The lowest BCUT2D eigenvalue weighted by atomic mass is 10.1. The van der Waals surface area contributed by atoms with Crippen LogP contribution in [0, 0.1) is 0 Å². The highest BCUT2D eigenvalue weighted by Gasteiger charge is 2.18. The number of nitrogens with zero attached hydrogens (tertiary/aromatic N) is 1. The number of carbonyl (C=O) groups excluding carboxylic acids is 1. The Morgan fingerprint density at radius 2 is 1.81 bits per heavy atom. The molecule has 4 heteroatoms. The van der Waals surface area contributed by atoms with E-state index in [-0.39, 0.29) is 5.91 Å². The van der Waals surface area contributed by atoms with Crippen LogP contribution in [0.5, 0.6) is 0 Å². The van der Waals surface area contributed by atoms with Crippen molar-refractivity contribution in [1.29, 1.82) is 0 Å². The molecule has 0 unspecified atom stereocenters. The summed E-state index contributed by atoms with van der Waals surface area (Å²) in [6.45, 7) is 2.63. The van der Waals surface area contributed by atoms with Gasteiger partial charge in [0.2, 0.25) is 5.91 Å². The monoisotopic (exact) mass is 281 g/mol. The molecule has 0 radical (unpaired) electrons. The molecule has 4 nitrogen and oxygen atoms in total. The number of carbonyl (C=O) groups is 1. The molecule has 0 saturated carbocycles. The predicted molar refractivity (Wildman–Crippen MR) is 84.7 cm³/mol. The average Bonchev–Trinajstić information content (AvgIpc) is 2.88. The minimum absolute atomic E-state index is 0.0246. The molecule has 108 valence electrons. The first kappa shape index (κ1) is 13.6. The molecule has 21 heavy (non-hydrogen) atoms. The van der Waals surface area contributed by atoms with Crippen molar-refractivity contribution in [3.8, 4) is 0 Å². The molecule has 0 fully saturated rings. The van der Waals surface area contributed by atoms with Crippen molar-refractivity contribution in [3.63, 3.8) is 0 Å². The summed E-state index contributed by atoms with van der Waals surface area (Å²) in [5.41, 5.74) is 9.85. The maximum Gasteiger partial charge on any atom is 0.225 e. The van der Waals surface area contributed by atoms with Crippen molar-refractivity contribution in [2.75, 3.05) is 17.6 Å². The lowest BCUT2D eigenvalue weighted by molar-refractivity contribution is -0.116. The molecular weight excluding hydrogens is 262 g/mol. The summed E-state index contributed by atoms with van der Waals surface area (Å²) in [6, 6.07) is 15.7. The van der Waals surface area contributed by atoms with Gasteiger partial charge in [0, 0.05) is 37.4 Å². The van der Waals surface area contributed by atoms with Gasteiger partial charge in [-0.05, 0) is 29.3 Å². The summed E-state index contributed by atoms with van der Waals surface area (Å²) in [6.07, 6.45) is 0.489. The molecule has 1 amide bonds. The first-order valence-corrected chi connectivity index (χ1v) is 7.15. The van der Waals surface area contributed by atoms with Gasteiger partial charge in [-0.25, -0.2) is 0 Å². The second kappa shape index (κ2) is 5.97. The lowest BCUT2D eigenvalue weighted by Gasteiger charge is -2.14. The van der Waals surface area contributed by atoms with Crippen molar-refractivity contribution in [2.45, 2.75) is 19.5 Å². The van der Waals surface area contributed by atoms with Crippen LogP contribution in [0.15, 0.2) is 48.5 Å². The SMILES string of the molecule is Nc1cccc(NC(=O)CCN2Cc3ccccc3C2)c1. The number of amides is 1. The third kappa shape index (κ3) is 3.41. The Morgan fingerprint density at radius 3 is 2.48 bits per heavy atom. The van der Waals surface area contributed by atoms with Crippen LogP contribution < -0.4 is 11.1 Å². The number of nitrogens with one attached hydrogen (secondary N) is 1. The molecule has 2 aromatic carbocycles. The van der Waals surface area contributed by atoms with Crippen molar-refractivity contribution < 1.29 is 4.79 Å². The van der Waals surface area contributed by atoms with Crippen molar-refractivity contribution >= 4 is 17.3 Å². The van der Waals surface area contributed by atoms with Crippen LogP contribution in [0.4, 0.5) is 11.4 Å². The number of rotatable bonds is 4. The summed E-state index contributed by atoms with van der Waals surface area (Å²) < 4.78 is 0. The third-order valence-corrected chi connectivity index (χ3v) is 3.73. The molecule has 3 N–H and O–H groups in total. The van der Waals surface area contributed by atoms with Gasteiger partial charge >= 0.3 is 0 Å². The van der Waals surface area contributed by atoms with Crippen LogP contribution in [0.1, 0.15) is 17.5 Å². The molecule has 0 aromatic heterocycles. The molecule has 3 rings (SSSR count). The maximum absolute atomic E-state index is 12.0. The van der Waals surface area contributed by atoms with E-state index in [0.29, 0.717) is 12.1 Å². The summed E-state index contributed by atoms with van der Waals surface area (Å²) in [7, 11) is 0. The molecule has 2 aromatic rings. The second-order valence-corrected chi connectivity index (χ2v) is 5.40. The molecule has 0 spiro atoms. The van der Waals surface area contributed by atoms with Gasteiger partial charge in [-0.2, -0.15) is 0 Å². The fourth-order valence-electron chi connectivity index (χ4n) is 2.66. The lowest BCUT2D eigenvalue weighted by Crippen LogP contribution is -2.23. The highest BCUT2D eigenvalue weighted by molar-refractivity contribution is 5.91. The normalized spacial score (nSPS) is 13.9. The zero-order chi connectivity index (χ0) is 14.7. The number of fused-ring (bicyclic) bond motifs is 1. The molecule has 1 aliphatic rings. The Bertz CT molecular complexity index is 629. The van der Waals surface area contributed by atoms with Crippen molar-refractivity contribution in [1.82, 2.24) is 4.90 Å². The summed E-state index contributed by atoms with van der Waals surface area (Å²) >= 11 is 0. The Hall–Kier alpha value is -2.33. The molecule has 0 atom stereocenters. The zero-order valence-corrected chi connectivity index (χ0v) is 11.9. The van der Waals surface area contributed by atoms with Crippen LogP contribution in [0.25, 0.3) is 0 Å². The van der Waals surface area contributed by atoms with E-state index in [2.05, 4.69) is 34.5 Å². The van der Waals surface area contributed by atoms with Crippen LogP contribution in [0.3, 0.4) is 0 Å². The largest absolute Gasteiger partial charge is 0.399 e. The van der Waals surface area contributed by atoms with Gasteiger partial charge < -0.3 is 11.1 Å². The number of nitrogens with two attached hydrogens (primary N) is 1. The fourth-order valence-corrected chi connectivity index (χ4v) is 2.66. The van der Waals surface area contributed by atoms with E-state index in [1.807, 2.05) is 12.1 Å². The van der Waals surface area contributed by atoms with Gasteiger partial charge in [-0.15, -0.1) is 0 Å². The molecule has 0 aliphatic carbocycles. The summed E-state index contributed by atoms with van der Waals surface area (Å²) in [4.78, 5) is 14.3. The van der Waals surface area contributed by atoms with Crippen molar-refractivity contribution in [3.05, 3.63) is 59.7 Å². The number of benzene rings is 2. The molecule has 0 bridgehead atoms. The van der Waals surface area contributed by atoms with Crippen LogP contribution in [-0.4, -0.2) is 17.4 Å². The van der Waals surface area contributed by atoms with Crippen molar-refractivity contribution in [2.24, 2.45) is 0 Å². The van der Waals surface area contributed by atoms with Crippen LogP contribution in [0.2, 0.25) is 0 Å². The molecule has 1 heterocycles. The zero-order valence-electron chi connectivity index (χ0n) is 11.9. The van der Waals surface area contributed by atoms with Gasteiger partial charge in [-0.3, -0.25) is 9.69 Å². The van der Waals surface area contributed by atoms with Crippen LogP contribution in [-0.2, 0) is 17.9 Å². The Kier molecular flexibility index (Phi) is 3.88. The molecule has 1 aliphatic heterocycles. The highest BCUT2D eigenvalue weighted by atomic mass is 16.1. The number of hydrogen-bond donors (Lipinski definition) is 2. The van der Waals surface area contributed by atoms with Gasteiger partial charge in [0.1, 0.15) is 0 Å². The second-order valence-electron chi connectivity index (χ2n) is 5.40. The highest BCUT2D eigenvalue weighted by Crippen LogP contribution is 2.22. The van der Waals surface area contributed by atoms with Crippen LogP contribution >= 0.6 is 0 Å². The Balaban J connectivity index is 1.49. The predicted octanol–water partition coefficient (Wildman–Crippen LogP) is 2.61. The standard InChI is InChI=1S/C17H19N3O/c18-15-6-3-7-16(10-15)19-17(21)8-9-20-11-13-4-1-2-5-14(13)12-20/h1-7,10H,8-9,11-12,18H2,(H,19,21). The number of anilines is 2. The van der Waals surface area contributed by atoms with E-state index >= 15 is 0 Å². The van der Waals surface area contributed by atoms with E-state index in [0.717, 1.165) is 25.3 Å². The minimum atomic E-state index is 0.0246. The number of nitrogen functional groups attached to an aromatic ring is 1. The third-order valence-electron chi connectivity index (χ3n) is 3.73. The Morgan fingerprint density at radius 1 is 1.10 bits per heavy atom. The first-order chi connectivity index (χ1) is 10.2. The van der Waals surface area contributed by atoms with Gasteiger partial charge in [-0.1, -0.05) is 30.3 Å². The molecule has 0 saturated heterocycles. The maximum atomic E-state index is 12.0. The van der Waals surface area contributed by atoms with E-state index < -0.39 is 0 Å².